The fourth-order valence-corrected chi connectivity index (χ4v) is 7.27. The molecule has 1 aliphatic rings. The number of rotatable bonds is 7. The van der Waals surface area contributed by atoms with Crippen molar-refractivity contribution in [2.24, 2.45) is 0 Å². The summed E-state index contributed by atoms with van der Waals surface area (Å²) < 4.78 is 34.6. The molecule has 0 saturated heterocycles. The van der Waals surface area contributed by atoms with E-state index in [-0.39, 0.29) is 17.2 Å². The van der Waals surface area contributed by atoms with E-state index in [2.05, 4.69) is 15.4 Å². The number of hydroxylamine groups is 1. The highest BCUT2D eigenvalue weighted by atomic mass is 32.2. The van der Waals surface area contributed by atoms with Crippen molar-refractivity contribution in [3.63, 3.8) is 0 Å². The third-order valence-electron chi connectivity index (χ3n) is 5.18. The molecule has 0 aliphatic carbocycles. The lowest BCUT2D eigenvalue weighted by atomic mass is 9.95. The minimum Gasteiger partial charge on any atom is -0.320 e. The van der Waals surface area contributed by atoms with Gasteiger partial charge in [0.05, 0.1) is 10.6 Å². The molecule has 0 saturated carbocycles. The average molecular weight is 535 g/mol. The highest BCUT2D eigenvalue weighted by Gasteiger charge is 2.40. The fraction of sp³-hybridized carbons (Fsp3) is 0.318. The van der Waals surface area contributed by atoms with E-state index in [0.717, 1.165) is 27.3 Å². The number of aromatic nitrogens is 2. The molecule has 1 aliphatic heterocycles. The first-order valence-corrected chi connectivity index (χ1v) is 17.5. The predicted molar refractivity (Wildman–Crippen MR) is 136 cm³/mol. The van der Waals surface area contributed by atoms with Crippen LogP contribution in [0, 0.1) is 0 Å². The van der Waals surface area contributed by atoms with Crippen LogP contribution in [0.1, 0.15) is 11.1 Å². The summed E-state index contributed by atoms with van der Waals surface area (Å²) in [5.41, 5.74) is 5.03. The Morgan fingerprint density at radius 1 is 1.18 bits per heavy atom. The van der Waals surface area contributed by atoms with Gasteiger partial charge in [-0.2, -0.15) is 4.31 Å². The molecule has 0 unspecified atom stereocenters. The number of hydrogen-bond acceptors (Lipinski definition) is 8. The van der Waals surface area contributed by atoms with Crippen LogP contribution in [0.5, 0.6) is 0 Å². The summed E-state index contributed by atoms with van der Waals surface area (Å²) in [5, 5.41) is 0.613. The lowest BCUT2D eigenvalue weighted by molar-refractivity contribution is -0.132. The molecular weight excluding hydrogens is 509 g/mol. The quantitative estimate of drug-likeness (QED) is 0.212. The number of hydrogen-bond donors (Lipinski definition) is 1. The summed E-state index contributed by atoms with van der Waals surface area (Å²) >= 11 is 2.55. The van der Waals surface area contributed by atoms with Crippen molar-refractivity contribution in [2.45, 2.75) is 48.0 Å². The van der Waals surface area contributed by atoms with E-state index in [1.807, 2.05) is 50.2 Å². The van der Waals surface area contributed by atoms with Gasteiger partial charge in [-0.15, -0.1) is 11.3 Å². The van der Waals surface area contributed by atoms with Gasteiger partial charge in [0.15, 0.2) is 5.16 Å². The Morgan fingerprint density at radius 2 is 1.91 bits per heavy atom. The Kier molecular flexibility index (Phi) is 7.27. The maximum Gasteiger partial charge on any atom is 0.261 e. The molecule has 0 bridgehead atoms. The van der Waals surface area contributed by atoms with Crippen molar-refractivity contribution in [2.75, 3.05) is 6.26 Å². The van der Waals surface area contributed by atoms with Gasteiger partial charge in [0.25, 0.3) is 15.9 Å². The van der Waals surface area contributed by atoms with E-state index in [0.29, 0.717) is 10.9 Å². The van der Waals surface area contributed by atoms with Crippen LogP contribution >= 0.6 is 23.1 Å². The van der Waals surface area contributed by atoms with E-state index in [1.165, 1.54) is 16.1 Å². The molecule has 1 amide bonds. The van der Waals surface area contributed by atoms with E-state index in [4.69, 9.17) is 4.53 Å². The van der Waals surface area contributed by atoms with Crippen molar-refractivity contribution in [3.05, 3.63) is 59.8 Å². The van der Waals surface area contributed by atoms with Crippen molar-refractivity contribution < 1.29 is 17.7 Å². The van der Waals surface area contributed by atoms with Crippen LogP contribution in [0.2, 0.25) is 19.6 Å². The first-order chi connectivity index (χ1) is 16.1. The molecule has 4 rings (SSSR count). The molecule has 1 atom stereocenters. The molecule has 1 N–H and O–H groups in total. The molecule has 8 nitrogen and oxygen atoms in total. The largest absolute Gasteiger partial charge is 0.320 e. The minimum atomic E-state index is -3.96. The van der Waals surface area contributed by atoms with Crippen molar-refractivity contribution in [1.29, 1.82) is 0 Å². The van der Waals surface area contributed by atoms with Gasteiger partial charge in [-0.05, 0) is 61.6 Å². The average Bonchev–Trinajstić information content (AvgIpc) is 3.32. The number of carbonyl (C=O) groups is 1. The molecule has 0 spiro atoms. The maximum absolute atomic E-state index is 13.8. The van der Waals surface area contributed by atoms with Gasteiger partial charge < -0.3 is 4.53 Å². The first-order valence-electron chi connectivity index (χ1n) is 10.6. The highest BCUT2D eigenvalue weighted by Crippen LogP contribution is 2.35. The van der Waals surface area contributed by atoms with Crippen LogP contribution in [0.3, 0.4) is 0 Å². The van der Waals surface area contributed by atoms with E-state index >= 15 is 0 Å². The smallest absolute Gasteiger partial charge is 0.261 e. The number of nitrogens with one attached hydrogen (secondary N) is 1. The number of benzene rings is 1. The summed E-state index contributed by atoms with van der Waals surface area (Å²) in [4.78, 5) is 22.5. The second kappa shape index (κ2) is 9.88. The monoisotopic (exact) mass is 534 g/mol. The highest BCUT2D eigenvalue weighted by molar-refractivity contribution is 7.98. The van der Waals surface area contributed by atoms with Gasteiger partial charge in [-0.3, -0.25) is 4.79 Å². The summed E-state index contributed by atoms with van der Waals surface area (Å²) in [5.74, 6) is -0.460. The predicted octanol–water partition coefficient (Wildman–Crippen LogP) is 3.93. The van der Waals surface area contributed by atoms with Crippen LogP contribution < -0.4 is 5.48 Å². The van der Waals surface area contributed by atoms with Gasteiger partial charge >= 0.3 is 0 Å². The number of thioether (sulfide) groups is 1. The molecule has 0 radical (unpaired) electrons. The number of fused-ring (bicyclic) bond motifs is 1. The summed E-state index contributed by atoms with van der Waals surface area (Å²) in [6.07, 6.45) is 3.81. The summed E-state index contributed by atoms with van der Waals surface area (Å²) in [6, 6.07) is 11.8. The summed E-state index contributed by atoms with van der Waals surface area (Å²) in [6.45, 7) is 5.95. The Labute approximate surface area is 208 Å². The number of amides is 1. The third-order valence-corrected chi connectivity index (χ3v) is 9.88. The van der Waals surface area contributed by atoms with E-state index in [1.54, 1.807) is 24.4 Å². The van der Waals surface area contributed by atoms with Gasteiger partial charge in [0, 0.05) is 12.7 Å². The normalized spacial score (nSPS) is 16.8. The van der Waals surface area contributed by atoms with Crippen LogP contribution in [-0.4, -0.2) is 49.2 Å². The van der Waals surface area contributed by atoms with Crippen molar-refractivity contribution >= 4 is 47.3 Å². The molecule has 34 heavy (non-hydrogen) atoms. The van der Waals surface area contributed by atoms with Crippen LogP contribution in [0.4, 0.5) is 0 Å². The maximum atomic E-state index is 13.8. The van der Waals surface area contributed by atoms with Crippen LogP contribution in [0.25, 0.3) is 10.6 Å². The zero-order valence-electron chi connectivity index (χ0n) is 19.3. The zero-order valence-corrected chi connectivity index (χ0v) is 22.8. The molecule has 3 heterocycles. The Morgan fingerprint density at radius 3 is 2.62 bits per heavy atom. The van der Waals surface area contributed by atoms with E-state index < -0.39 is 30.3 Å². The second-order valence-corrected chi connectivity index (χ2v) is 17.2. The van der Waals surface area contributed by atoms with Gasteiger partial charge in [-0.25, -0.2) is 23.9 Å². The Balaban J connectivity index is 1.67. The summed E-state index contributed by atoms with van der Waals surface area (Å²) in [7, 11) is -6.00. The van der Waals surface area contributed by atoms with Gasteiger partial charge in [0.1, 0.15) is 10.3 Å². The van der Waals surface area contributed by atoms with Crippen molar-refractivity contribution in [1.82, 2.24) is 19.8 Å². The molecule has 0 fully saturated rings. The first kappa shape index (κ1) is 25.0. The van der Waals surface area contributed by atoms with Crippen LogP contribution in [0.15, 0.2) is 58.0 Å². The fourth-order valence-electron chi connectivity index (χ4n) is 3.53. The SMILES string of the molecule is CSc1nccc(-c2ccc(S(=O)(=O)N3Cc4ccccc4C[C@@H]3C(=O)NO[Si](C)(C)C)s2)n1. The number of nitrogens with zero attached hydrogens (tertiary/aromatic N) is 3. The molecule has 1 aromatic carbocycles. The number of thiophene rings is 1. The van der Waals surface area contributed by atoms with Crippen molar-refractivity contribution in [3.8, 4) is 10.6 Å². The lowest BCUT2D eigenvalue weighted by Crippen LogP contribution is -2.53. The van der Waals surface area contributed by atoms with E-state index in [9.17, 15) is 13.2 Å². The third kappa shape index (κ3) is 5.42. The Hall–Kier alpha value is -2.09. The number of sulfonamides is 1. The molecule has 2 aromatic heterocycles. The minimum absolute atomic E-state index is 0.112. The topological polar surface area (TPSA) is 101 Å². The van der Waals surface area contributed by atoms with Gasteiger partial charge in [-0.1, -0.05) is 36.0 Å². The molecule has 3 aromatic rings. The van der Waals surface area contributed by atoms with Gasteiger partial charge in [0.2, 0.25) is 8.32 Å². The molecule has 180 valence electrons. The molecule has 12 heteroatoms. The zero-order chi connectivity index (χ0) is 24.5. The standard InChI is InChI=1S/C22H26N4O4S3Si/c1-31-22-23-12-11-17(24-22)19-9-10-20(32-19)33(28,29)26-14-16-8-6-5-7-15(16)13-18(26)21(27)25-30-34(2,3)4/h5-12,18H,13-14H2,1-4H3,(H,25,27)/t18-/m1/s1. The lowest BCUT2D eigenvalue weighted by Gasteiger charge is -2.35. The second-order valence-electron chi connectivity index (χ2n) is 8.77. The Bertz CT molecular complexity index is 1310. The van der Waals surface area contributed by atoms with Crippen LogP contribution in [-0.2, 0) is 32.3 Å². The molecular formula is C22H26N4O4S3Si. The number of carbonyl (C=O) groups excluding carboxylic acids is 1.